The molecule has 0 radical (unpaired) electrons. The summed E-state index contributed by atoms with van der Waals surface area (Å²) in [4.78, 5) is 28.5. The van der Waals surface area contributed by atoms with Crippen LogP contribution in [-0.4, -0.2) is 53.0 Å². The van der Waals surface area contributed by atoms with E-state index in [1.807, 2.05) is 30.0 Å². The van der Waals surface area contributed by atoms with Crippen molar-refractivity contribution in [3.8, 4) is 0 Å². The number of nitrogens with zero attached hydrogens (tertiary/aromatic N) is 3. The molecule has 1 aliphatic carbocycles. The summed E-state index contributed by atoms with van der Waals surface area (Å²) in [6.07, 6.45) is 4.18. The Balaban J connectivity index is 1.33. The smallest absolute Gasteiger partial charge is 0.246 e. The number of hydrogen-bond acceptors (Lipinski definition) is 4. The predicted octanol–water partition coefficient (Wildman–Crippen LogP) is 3.04. The molecule has 1 aliphatic heterocycles. The third-order valence-electron chi connectivity index (χ3n) is 6.02. The molecule has 152 valence electrons. The van der Waals surface area contributed by atoms with Crippen LogP contribution in [0.25, 0.3) is 0 Å². The summed E-state index contributed by atoms with van der Waals surface area (Å²) >= 11 is 0. The highest BCUT2D eigenvalue weighted by Crippen LogP contribution is 2.39. The van der Waals surface area contributed by atoms with E-state index in [-0.39, 0.29) is 17.6 Å². The fourth-order valence-corrected chi connectivity index (χ4v) is 3.87. The summed E-state index contributed by atoms with van der Waals surface area (Å²) in [5.74, 6) is 0.629. The molecule has 1 aromatic heterocycles. The first kappa shape index (κ1) is 19.4. The van der Waals surface area contributed by atoms with Crippen molar-refractivity contribution in [2.24, 2.45) is 0 Å². The third kappa shape index (κ3) is 4.42. The second kappa shape index (κ2) is 8.23. The number of piperazine rings is 1. The minimum atomic E-state index is -0.154. The second-order valence-electron chi connectivity index (χ2n) is 8.07. The van der Waals surface area contributed by atoms with Gasteiger partial charge in [-0.1, -0.05) is 25.6 Å². The lowest BCUT2D eigenvalue weighted by Gasteiger charge is -2.35. The Bertz CT molecular complexity index is 890. The highest BCUT2D eigenvalue weighted by Gasteiger charge is 2.27. The van der Waals surface area contributed by atoms with Crippen molar-refractivity contribution in [2.75, 3.05) is 31.1 Å². The molecule has 1 unspecified atom stereocenters. The molecule has 2 fully saturated rings. The Morgan fingerprint density at radius 3 is 2.52 bits per heavy atom. The lowest BCUT2D eigenvalue weighted by Crippen LogP contribution is -2.48. The first-order valence-electron chi connectivity index (χ1n) is 10.4. The van der Waals surface area contributed by atoms with Crippen molar-refractivity contribution in [1.29, 1.82) is 0 Å². The van der Waals surface area contributed by atoms with Gasteiger partial charge < -0.3 is 9.80 Å². The van der Waals surface area contributed by atoms with E-state index in [9.17, 15) is 9.59 Å². The molecule has 1 aromatic carbocycles. The van der Waals surface area contributed by atoms with Gasteiger partial charge in [-0.15, -0.1) is 0 Å². The molecular formula is C23H28N4O2. The van der Waals surface area contributed by atoms with Crippen LogP contribution in [0.3, 0.4) is 0 Å². The van der Waals surface area contributed by atoms with Crippen molar-refractivity contribution >= 4 is 17.4 Å². The number of carbonyl (C=O) groups excluding carboxylic acids is 2. The molecule has 2 aromatic rings. The molecule has 2 aliphatic rings. The van der Waals surface area contributed by atoms with Gasteiger partial charge in [0, 0.05) is 55.8 Å². The minimum Gasteiger partial charge on any atom is -0.368 e. The highest BCUT2D eigenvalue weighted by atomic mass is 16.2. The largest absolute Gasteiger partial charge is 0.368 e. The molecule has 1 amide bonds. The Kier molecular flexibility index (Phi) is 5.51. The Morgan fingerprint density at radius 2 is 1.90 bits per heavy atom. The molecule has 2 heterocycles. The van der Waals surface area contributed by atoms with E-state index in [2.05, 4.69) is 33.8 Å². The fourth-order valence-electron chi connectivity index (χ4n) is 3.87. The topological polar surface area (TPSA) is 69.3 Å². The van der Waals surface area contributed by atoms with Crippen molar-refractivity contribution in [3.63, 3.8) is 0 Å². The zero-order chi connectivity index (χ0) is 20.4. The van der Waals surface area contributed by atoms with Crippen molar-refractivity contribution < 1.29 is 9.59 Å². The molecular weight excluding hydrogens is 364 g/mol. The van der Waals surface area contributed by atoms with Gasteiger partial charge in [0.2, 0.25) is 5.91 Å². The summed E-state index contributed by atoms with van der Waals surface area (Å²) in [6.45, 7) is 8.53. The highest BCUT2D eigenvalue weighted by molar-refractivity contribution is 5.87. The number of aromatic amines is 1. The van der Waals surface area contributed by atoms with Crippen LogP contribution in [0.1, 0.15) is 48.6 Å². The molecule has 1 atom stereocenters. The van der Waals surface area contributed by atoms with Gasteiger partial charge in [-0.2, -0.15) is 5.10 Å². The van der Waals surface area contributed by atoms with Crippen molar-refractivity contribution in [2.45, 2.75) is 38.0 Å². The van der Waals surface area contributed by atoms with Crippen LogP contribution in [0.2, 0.25) is 0 Å². The summed E-state index contributed by atoms with van der Waals surface area (Å²) < 4.78 is 0. The number of amides is 1. The molecule has 0 spiro atoms. The number of nitrogens with one attached hydrogen (secondary N) is 1. The second-order valence-corrected chi connectivity index (χ2v) is 8.07. The zero-order valence-electron chi connectivity index (χ0n) is 16.9. The van der Waals surface area contributed by atoms with E-state index in [0.29, 0.717) is 25.4 Å². The first-order chi connectivity index (χ1) is 14.0. The maximum absolute atomic E-state index is 12.7. The maximum atomic E-state index is 12.7. The number of hydrogen-bond donors (Lipinski definition) is 1. The van der Waals surface area contributed by atoms with E-state index in [1.54, 1.807) is 0 Å². The first-order valence-corrected chi connectivity index (χ1v) is 10.4. The Labute approximate surface area is 171 Å². The van der Waals surface area contributed by atoms with Crippen LogP contribution < -0.4 is 4.90 Å². The van der Waals surface area contributed by atoms with E-state index in [1.165, 1.54) is 18.9 Å². The van der Waals surface area contributed by atoms with Gasteiger partial charge in [0.1, 0.15) is 5.78 Å². The SMILES string of the molecule is C=CC(=O)N1CCN(c2ccc(C(C)C(=O)Cc3cc(C4CC4)n[nH]3)cc2)CC1. The lowest BCUT2D eigenvalue weighted by molar-refractivity contribution is -0.126. The van der Waals surface area contributed by atoms with Crippen LogP contribution in [0.5, 0.6) is 0 Å². The van der Waals surface area contributed by atoms with Crippen LogP contribution in [0, 0.1) is 0 Å². The fraction of sp³-hybridized carbons (Fsp3) is 0.435. The van der Waals surface area contributed by atoms with Crippen LogP contribution >= 0.6 is 0 Å². The molecule has 4 rings (SSSR count). The lowest BCUT2D eigenvalue weighted by atomic mass is 9.93. The van der Waals surface area contributed by atoms with Gasteiger partial charge in [0.25, 0.3) is 0 Å². The molecule has 1 saturated carbocycles. The van der Waals surface area contributed by atoms with Gasteiger partial charge in [-0.25, -0.2) is 0 Å². The van der Waals surface area contributed by atoms with Gasteiger partial charge >= 0.3 is 0 Å². The number of anilines is 1. The average molecular weight is 393 g/mol. The Morgan fingerprint density at radius 1 is 1.21 bits per heavy atom. The maximum Gasteiger partial charge on any atom is 0.246 e. The third-order valence-corrected chi connectivity index (χ3v) is 6.02. The number of Topliss-reactive ketones (excluding diaryl/α,β-unsaturated/α-hetero) is 1. The van der Waals surface area contributed by atoms with Crippen LogP contribution in [0.4, 0.5) is 5.69 Å². The Hall–Kier alpha value is -2.89. The molecule has 1 N–H and O–H groups in total. The van der Waals surface area contributed by atoms with E-state index in [0.717, 1.165) is 35.7 Å². The van der Waals surface area contributed by atoms with Crippen LogP contribution in [-0.2, 0) is 16.0 Å². The van der Waals surface area contributed by atoms with E-state index < -0.39 is 0 Å². The van der Waals surface area contributed by atoms with Gasteiger partial charge in [-0.05, 0) is 42.7 Å². The zero-order valence-corrected chi connectivity index (χ0v) is 16.9. The number of carbonyl (C=O) groups is 2. The monoisotopic (exact) mass is 392 g/mol. The van der Waals surface area contributed by atoms with Crippen LogP contribution in [0.15, 0.2) is 43.0 Å². The summed E-state index contributed by atoms with van der Waals surface area (Å²) in [5, 5.41) is 7.36. The molecule has 6 nitrogen and oxygen atoms in total. The average Bonchev–Trinajstić information content (AvgIpc) is 3.52. The normalized spacial score (nSPS) is 17.8. The number of H-pyrrole nitrogens is 1. The molecule has 0 bridgehead atoms. The van der Waals surface area contributed by atoms with Crippen molar-refractivity contribution in [3.05, 3.63) is 59.9 Å². The van der Waals surface area contributed by atoms with Gasteiger partial charge in [0.15, 0.2) is 0 Å². The minimum absolute atomic E-state index is 0.00569. The number of benzene rings is 1. The quantitative estimate of drug-likeness (QED) is 0.736. The molecule has 29 heavy (non-hydrogen) atoms. The van der Waals surface area contributed by atoms with Gasteiger partial charge in [-0.3, -0.25) is 14.7 Å². The predicted molar refractivity (Wildman–Crippen MR) is 113 cm³/mol. The number of rotatable bonds is 7. The molecule has 1 saturated heterocycles. The number of aromatic nitrogens is 2. The van der Waals surface area contributed by atoms with Crippen molar-refractivity contribution in [1.82, 2.24) is 15.1 Å². The summed E-state index contributed by atoms with van der Waals surface area (Å²) in [6, 6.07) is 10.3. The number of ketones is 1. The summed E-state index contributed by atoms with van der Waals surface area (Å²) in [7, 11) is 0. The van der Waals surface area contributed by atoms with E-state index in [4.69, 9.17) is 0 Å². The summed E-state index contributed by atoms with van der Waals surface area (Å²) in [5.41, 5.74) is 4.16. The molecule has 6 heteroatoms. The standard InChI is InChI=1S/C23H28N4O2/c1-3-23(29)27-12-10-26(11-13-27)20-8-6-17(7-9-20)16(2)22(28)15-19-14-21(25-24-19)18-4-5-18/h3,6-9,14,16,18H,1,4-5,10-13,15H2,2H3,(H,24,25). The van der Waals surface area contributed by atoms with E-state index >= 15 is 0 Å². The van der Waals surface area contributed by atoms with Gasteiger partial charge in [0.05, 0.1) is 5.69 Å².